The lowest BCUT2D eigenvalue weighted by molar-refractivity contribution is -0.115. The maximum absolute atomic E-state index is 12.3. The van der Waals surface area contributed by atoms with Crippen LogP contribution in [-0.2, 0) is 4.79 Å². The van der Waals surface area contributed by atoms with Gasteiger partial charge < -0.3 is 5.32 Å². The molecule has 0 aliphatic carbocycles. The van der Waals surface area contributed by atoms with Gasteiger partial charge in [-0.1, -0.05) is 41.0 Å². The van der Waals surface area contributed by atoms with E-state index in [0.717, 1.165) is 5.65 Å². The third kappa shape index (κ3) is 3.60. The second-order valence-electron chi connectivity index (χ2n) is 4.78. The number of hydrogen-bond donors (Lipinski definition) is 1. The fourth-order valence-corrected chi connectivity index (χ4v) is 3.11. The monoisotopic (exact) mass is 366 g/mol. The Morgan fingerprint density at radius 1 is 1.26 bits per heavy atom. The molecule has 0 fully saturated rings. The quantitative estimate of drug-likeness (QED) is 0.704. The Kier molecular flexibility index (Phi) is 4.75. The smallest absolute Gasteiger partial charge is 0.237 e. The van der Waals surface area contributed by atoms with Crippen molar-refractivity contribution in [2.75, 3.05) is 5.32 Å². The molecule has 1 N–H and O–H groups in total. The van der Waals surface area contributed by atoms with Gasteiger partial charge in [0, 0.05) is 11.2 Å². The minimum atomic E-state index is -0.377. The number of anilines is 1. The van der Waals surface area contributed by atoms with Crippen LogP contribution in [0.4, 0.5) is 5.69 Å². The number of thioether (sulfide) groups is 1. The zero-order valence-electron chi connectivity index (χ0n) is 12.0. The van der Waals surface area contributed by atoms with E-state index in [-0.39, 0.29) is 11.2 Å². The molecule has 0 saturated heterocycles. The zero-order chi connectivity index (χ0) is 16.4. The van der Waals surface area contributed by atoms with E-state index in [4.69, 9.17) is 23.2 Å². The third-order valence-corrected chi connectivity index (χ3v) is 4.74. The SMILES string of the molecule is CC(Sc1nnc2ccccn12)C(=O)Nc1cc(Cl)ccc1Cl. The molecule has 0 aliphatic rings. The number of carbonyl (C=O) groups excluding carboxylic acids is 1. The average Bonchev–Trinajstić information content (AvgIpc) is 2.94. The summed E-state index contributed by atoms with van der Waals surface area (Å²) in [5.41, 5.74) is 1.23. The van der Waals surface area contributed by atoms with Crippen LogP contribution in [0.2, 0.25) is 10.0 Å². The Hall–Kier alpha value is -1.76. The predicted molar refractivity (Wildman–Crippen MR) is 93.4 cm³/mol. The fraction of sp³-hybridized carbons (Fsp3) is 0.133. The van der Waals surface area contributed by atoms with Gasteiger partial charge >= 0.3 is 0 Å². The van der Waals surface area contributed by atoms with Crippen molar-refractivity contribution in [1.29, 1.82) is 0 Å². The number of nitrogens with zero attached hydrogens (tertiary/aromatic N) is 3. The maximum atomic E-state index is 12.3. The van der Waals surface area contributed by atoms with Gasteiger partial charge in [-0.2, -0.15) is 0 Å². The summed E-state index contributed by atoms with van der Waals surface area (Å²) in [5.74, 6) is -0.188. The summed E-state index contributed by atoms with van der Waals surface area (Å²) in [6.45, 7) is 1.79. The molecule has 2 aromatic heterocycles. The van der Waals surface area contributed by atoms with E-state index in [2.05, 4.69) is 15.5 Å². The molecule has 1 atom stereocenters. The number of aromatic nitrogens is 3. The van der Waals surface area contributed by atoms with Crippen molar-refractivity contribution in [3.05, 3.63) is 52.6 Å². The van der Waals surface area contributed by atoms with Gasteiger partial charge in [-0.15, -0.1) is 10.2 Å². The number of nitrogens with one attached hydrogen (secondary N) is 1. The molecular weight excluding hydrogens is 355 g/mol. The van der Waals surface area contributed by atoms with Gasteiger partial charge in [0.25, 0.3) is 0 Å². The summed E-state index contributed by atoms with van der Waals surface area (Å²) in [7, 11) is 0. The van der Waals surface area contributed by atoms with Crippen molar-refractivity contribution in [1.82, 2.24) is 14.6 Å². The van der Waals surface area contributed by atoms with Crippen LogP contribution in [0.3, 0.4) is 0 Å². The second-order valence-corrected chi connectivity index (χ2v) is 6.94. The molecule has 23 heavy (non-hydrogen) atoms. The van der Waals surface area contributed by atoms with Gasteiger partial charge in [-0.3, -0.25) is 9.20 Å². The van der Waals surface area contributed by atoms with Crippen LogP contribution in [0.15, 0.2) is 47.8 Å². The summed E-state index contributed by atoms with van der Waals surface area (Å²) in [6.07, 6.45) is 1.86. The van der Waals surface area contributed by atoms with E-state index in [0.29, 0.717) is 20.9 Å². The summed E-state index contributed by atoms with van der Waals surface area (Å²) in [4.78, 5) is 12.3. The Balaban J connectivity index is 1.74. The van der Waals surface area contributed by atoms with Gasteiger partial charge in [-0.25, -0.2) is 0 Å². The average molecular weight is 367 g/mol. The second kappa shape index (κ2) is 6.78. The Labute approximate surface area is 147 Å². The van der Waals surface area contributed by atoms with Crippen LogP contribution in [0, 0.1) is 0 Å². The highest BCUT2D eigenvalue weighted by Gasteiger charge is 2.18. The number of pyridine rings is 1. The van der Waals surface area contributed by atoms with Crippen molar-refractivity contribution >= 4 is 52.2 Å². The predicted octanol–water partition coefficient (Wildman–Crippen LogP) is 4.16. The van der Waals surface area contributed by atoms with Crippen LogP contribution in [-0.4, -0.2) is 25.8 Å². The van der Waals surface area contributed by atoms with Gasteiger partial charge in [0.1, 0.15) is 0 Å². The lowest BCUT2D eigenvalue weighted by atomic mass is 10.3. The van der Waals surface area contributed by atoms with Gasteiger partial charge in [0.2, 0.25) is 5.91 Å². The lowest BCUT2D eigenvalue weighted by Gasteiger charge is -2.12. The zero-order valence-corrected chi connectivity index (χ0v) is 14.4. The number of halogens is 2. The molecule has 118 valence electrons. The van der Waals surface area contributed by atoms with Crippen molar-refractivity contribution in [2.45, 2.75) is 17.3 Å². The summed E-state index contributed by atoms with van der Waals surface area (Å²) < 4.78 is 1.83. The first-order valence-electron chi connectivity index (χ1n) is 6.77. The van der Waals surface area contributed by atoms with Gasteiger partial charge in [-0.05, 0) is 37.3 Å². The summed E-state index contributed by atoms with van der Waals surface area (Å²) >= 11 is 13.3. The highest BCUT2D eigenvalue weighted by Crippen LogP contribution is 2.27. The highest BCUT2D eigenvalue weighted by molar-refractivity contribution is 8.00. The molecule has 0 spiro atoms. The molecule has 2 heterocycles. The molecule has 5 nitrogen and oxygen atoms in total. The first-order valence-corrected chi connectivity index (χ1v) is 8.40. The Morgan fingerprint density at radius 3 is 2.91 bits per heavy atom. The number of carbonyl (C=O) groups is 1. The topological polar surface area (TPSA) is 59.3 Å². The van der Waals surface area contributed by atoms with E-state index in [1.54, 1.807) is 25.1 Å². The van der Waals surface area contributed by atoms with Crippen LogP contribution in [0.5, 0.6) is 0 Å². The number of amides is 1. The van der Waals surface area contributed by atoms with Crippen LogP contribution < -0.4 is 5.32 Å². The van der Waals surface area contributed by atoms with Gasteiger partial charge in [0.05, 0.1) is 16.0 Å². The van der Waals surface area contributed by atoms with E-state index >= 15 is 0 Å². The van der Waals surface area contributed by atoms with E-state index in [1.807, 2.05) is 28.8 Å². The van der Waals surface area contributed by atoms with E-state index in [9.17, 15) is 4.79 Å². The fourth-order valence-electron chi connectivity index (χ4n) is 1.94. The number of hydrogen-bond acceptors (Lipinski definition) is 4. The van der Waals surface area contributed by atoms with Crippen LogP contribution in [0.1, 0.15) is 6.92 Å². The molecule has 8 heteroatoms. The van der Waals surface area contributed by atoms with Crippen LogP contribution in [0.25, 0.3) is 5.65 Å². The number of rotatable bonds is 4. The largest absolute Gasteiger partial charge is 0.324 e. The molecular formula is C15H12Cl2N4OS. The van der Waals surface area contributed by atoms with Crippen molar-refractivity contribution in [2.24, 2.45) is 0 Å². The number of benzene rings is 1. The third-order valence-electron chi connectivity index (χ3n) is 3.12. The normalized spacial score (nSPS) is 12.3. The first kappa shape index (κ1) is 16.1. The molecule has 1 amide bonds. The molecule has 0 aliphatic heterocycles. The Morgan fingerprint density at radius 2 is 2.09 bits per heavy atom. The molecule has 1 unspecified atom stereocenters. The standard InChI is InChI=1S/C15H12Cl2N4OS/c1-9(14(22)18-12-8-10(16)5-6-11(12)17)23-15-20-19-13-4-2-3-7-21(13)15/h2-9H,1H3,(H,18,22). The molecule has 0 bridgehead atoms. The summed E-state index contributed by atoms with van der Waals surface area (Å²) in [6, 6.07) is 10.6. The minimum absolute atomic E-state index is 0.188. The maximum Gasteiger partial charge on any atom is 0.237 e. The molecule has 0 radical (unpaired) electrons. The van der Waals surface area contributed by atoms with E-state index in [1.165, 1.54) is 11.8 Å². The van der Waals surface area contributed by atoms with Crippen molar-refractivity contribution in [3.63, 3.8) is 0 Å². The highest BCUT2D eigenvalue weighted by atomic mass is 35.5. The molecule has 3 aromatic rings. The van der Waals surface area contributed by atoms with Crippen molar-refractivity contribution in [3.8, 4) is 0 Å². The van der Waals surface area contributed by atoms with Crippen molar-refractivity contribution < 1.29 is 4.79 Å². The minimum Gasteiger partial charge on any atom is -0.324 e. The number of fused-ring (bicyclic) bond motifs is 1. The van der Waals surface area contributed by atoms with Gasteiger partial charge in [0.15, 0.2) is 10.8 Å². The molecule has 1 aromatic carbocycles. The van der Waals surface area contributed by atoms with Crippen LogP contribution >= 0.6 is 35.0 Å². The Bertz CT molecular complexity index is 868. The summed E-state index contributed by atoms with van der Waals surface area (Å²) in [5, 5.41) is 12.2. The molecule has 0 saturated carbocycles. The lowest BCUT2D eigenvalue weighted by Crippen LogP contribution is -2.22. The molecule has 3 rings (SSSR count). The first-order chi connectivity index (χ1) is 11.0. The van der Waals surface area contributed by atoms with E-state index < -0.39 is 0 Å².